The Morgan fingerprint density at radius 1 is 1.25 bits per heavy atom. The van der Waals surface area contributed by atoms with Gasteiger partial charge in [-0.1, -0.05) is 0 Å². The number of hydrogen-bond acceptors (Lipinski definition) is 6. The van der Waals surface area contributed by atoms with Crippen molar-refractivity contribution in [3.05, 3.63) is 23.8 Å². The van der Waals surface area contributed by atoms with Crippen LogP contribution in [0.1, 0.15) is 16.8 Å². The maximum atomic E-state index is 12.1. The number of methoxy groups -OCH3 is 2. The highest BCUT2D eigenvalue weighted by Gasteiger charge is 2.19. The number of sulfone groups is 1. The summed E-state index contributed by atoms with van der Waals surface area (Å²) >= 11 is 0. The number of ketones is 1. The second kappa shape index (κ2) is 6.71. The van der Waals surface area contributed by atoms with Crippen LogP contribution in [0.3, 0.4) is 0 Å². The van der Waals surface area contributed by atoms with Crippen molar-refractivity contribution >= 4 is 15.6 Å². The molecule has 0 aromatic heterocycles. The van der Waals surface area contributed by atoms with Crippen LogP contribution in [0.4, 0.5) is 0 Å². The molecule has 0 radical (unpaired) electrons. The zero-order valence-electron chi connectivity index (χ0n) is 11.8. The second-order valence-electron chi connectivity index (χ2n) is 4.46. The van der Waals surface area contributed by atoms with Crippen LogP contribution < -0.4 is 15.2 Å². The van der Waals surface area contributed by atoms with Gasteiger partial charge in [0, 0.05) is 11.8 Å². The van der Waals surface area contributed by atoms with Gasteiger partial charge in [-0.15, -0.1) is 0 Å². The molecule has 7 heteroatoms. The van der Waals surface area contributed by atoms with E-state index in [0.717, 1.165) is 6.26 Å². The Morgan fingerprint density at radius 3 is 2.35 bits per heavy atom. The quantitative estimate of drug-likeness (QED) is 0.743. The number of rotatable bonds is 7. The Bertz CT molecular complexity index is 582. The Labute approximate surface area is 118 Å². The first-order valence-corrected chi connectivity index (χ1v) is 8.04. The molecule has 0 bridgehead atoms. The average Bonchev–Trinajstić information content (AvgIpc) is 2.42. The van der Waals surface area contributed by atoms with E-state index in [1.165, 1.54) is 20.3 Å². The number of benzene rings is 1. The number of carbonyl (C=O) groups excluding carboxylic acids is 1. The van der Waals surface area contributed by atoms with Crippen LogP contribution in [0.5, 0.6) is 11.5 Å². The van der Waals surface area contributed by atoms with Crippen LogP contribution in [0, 0.1) is 0 Å². The minimum Gasteiger partial charge on any atom is -0.493 e. The second-order valence-corrected chi connectivity index (χ2v) is 6.72. The average molecular weight is 301 g/mol. The van der Waals surface area contributed by atoms with Crippen molar-refractivity contribution in [1.29, 1.82) is 0 Å². The maximum Gasteiger partial charge on any atom is 0.179 e. The van der Waals surface area contributed by atoms with E-state index in [-0.39, 0.29) is 18.0 Å². The molecule has 0 fully saturated rings. The van der Waals surface area contributed by atoms with E-state index in [9.17, 15) is 13.2 Å². The molecule has 1 aromatic carbocycles. The number of hydrogen-bond donors (Lipinski definition) is 1. The van der Waals surface area contributed by atoms with Gasteiger partial charge >= 0.3 is 0 Å². The summed E-state index contributed by atoms with van der Waals surface area (Å²) < 4.78 is 32.3. The van der Waals surface area contributed by atoms with Gasteiger partial charge in [-0.2, -0.15) is 0 Å². The monoisotopic (exact) mass is 301 g/mol. The lowest BCUT2D eigenvalue weighted by molar-refractivity contribution is 0.0959. The predicted octanol–water partition coefficient (Wildman–Crippen LogP) is 0.649. The third-order valence-corrected chi connectivity index (χ3v) is 3.78. The van der Waals surface area contributed by atoms with E-state index in [1.54, 1.807) is 12.1 Å². The molecule has 2 N–H and O–H groups in total. The summed E-state index contributed by atoms with van der Waals surface area (Å²) in [6.45, 7) is 0. The first-order valence-electron chi connectivity index (χ1n) is 5.98. The molecule has 1 atom stereocenters. The van der Waals surface area contributed by atoms with Crippen molar-refractivity contribution in [2.45, 2.75) is 12.5 Å². The van der Waals surface area contributed by atoms with Crippen LogP contribution in [-0.4, -0.2) is 46.5 Å². The largest absolute Gasteiger partial charge is 0.493 e. The number of nitrogens with two attached hydrogens (primary N) is 1. The zero-order valence-corrected chi connectivity index (χ0v) is 12.6. The Hall–Kier alpha value is -1.60. The van der Waals surface area contributed by atoms with Gasteiger partial charge in [0.05, 0.1) is 26.0 Å². The first kappa shape index (κ1) is 16.5. The SMILES string of the molecule is COc1ccc(C(=O)C(N)CCS(C)(=O)=O)cc1OC. The fraction of sp³-hybridized carbons (Fsp3) is 0.462. The highest BCUT2D eigenvalue weighted by molar-refractivity contribution is 7.90. The molecule has 0 aliphatic carbocycles. The van der Waals surface area contributed by atoms with Gasteiger partial charge in [0.2, 0.25) is 0 Å². The van der Waals surface area contributed by atoms with Crippen LogP contribution in [0.2, 0.25) is 0 Å². The zero-order chi connectivity index (χ0) is 15.3. The lowest BCUT2D eigenvalue weighted by Gasteiger charge is -2.12. The van der Waals surface area contributed by atoms with Crippen LogP contribution >= 0.6 is 0 Å². The lowest BCUT2D eigenvalue weighted by Crippen LogP contribution is -2.32. The summed E-state index contributed by atoms with van der Waals surface area (Å²) in [5.74, 6) is 0.490. The topological polar surface area (TPSA) is 95.7 Å². The molecule has 0 amide bonds. The van der Waals surface area contributed by atoms with E-state index in [2.05, 4.69) is 0 Å². The Kier molecular flexibility index (Phi) is 5.52. The smallest absolute Gasteiger partial charge is 0.179 e. The fourth-order valence-corrected chi connectivity index (χ4v) is 2.36. The third kappa shape index (κ3) is 4.50. The minimum atomic E-state index is -3.14. The van der Waals surface area contributed by atoms with Gasteiger partial charge in [0.15, 0.2) is 17.3 Å². The van der Waals surface area contributed by atoms with E-state index >= 15 is 0 Å². The Morgan fingerprint density at radius 2 is 1.85 bits per heavy atom. The van der Waals surface area contributed by atoms with Gasteiger partial charge in [-0.25, -0.2) is 8.42 Å². The van der Waals surface area contributed by atoms with Crippen molar-refractivity contribution in [3.63, 3.8) is 0 Å². The predicted molar refractivity (Wildman–Crippen MR) is 76.2 cm³/mol. The minimum absolute atomic E-state index is 0.0893. The molecule has 0 saturated carbocycles. The molecule has 1 aromatic rings. The van der Waals surface area contributed by atoms with Gasteiger partial charge in [0.25, 0.3) is 0 Å². The van der Waals surface area contributed by atoms with E-state index < -0.39 is 15.9 Å². The molecule has 0 spiro atoms. The van der Waals surface area contributed by atoms with Crippen molar-refractivity contribution in [2.75, 3.05) is 26.2 Å². The summed E-state index contributed by atoms with van der Waals surface area (Å²) in [6.07, 6.45) is 1.20. The molecule has 1 rings (SSSR count). The normalized spacial score (nSPS) is 12.8. The highest BCUT2D eigenvalue weighted by atomic mass is 32.2. The molecule has 112 valence electrons. The van der Waals surface area contributed by atoms with Gasteiger partial charge in [0.1, 0.15) is 9.84 Å². The molecule has 0 saturated heterocycles. The van der Waals surface area contributed by atoms with Crippen molar-refractivity contribution in [2.24, 2.45) is 5.73 Å². The summed E-state index contributed by atoms with van der Waals surface area (Å²) in [7, 11) is -0.170. The molecular weight excluding hydrogens is 282 g/mol. The van der Waals surface area contributed by atoms with Crippen molar-refractivity contribution in [1.82, 2.24) is 0 Å². The molecule has 0 heterocycles. The van der Waals surface area contributed by atoms with Gasteiger partial charge in [-0.05, 0) is 24.6 Å². The van der Waals surface area contributed by atoms with Gasteiger partial charge < -0.3 is 15.2 Å². The van der Waals surface area contributed by atoms with Crippen molar-refractivity contribution in [3.8, 4) is 11.5 Å². The number of carbonyl (C=O) groups is 1. The molecule has 6 nitrogen and oxygen atoms in total. The third-order valence-electron chi connectivity index (χ3n) is 2.80. The number of ether oxygens (including phenoxy) is 2. The molecule has 20 heavy (non-hydrogen) atoms. The number of Topliss-reactive ketones (excluding diaryl/α,β-unsaturated/α-hetero) is 1. The van der Waals surface area contributed by atoms with E-state index in [0.29, 0.717) is 17.1 Å². The van der Waals surface area contributed by atoms with Crippen LogP contribution in [0.25, 0.3) is 0 Å². The van der Waals surface area contributed by atoms with E-state index in [1.807, 2.05) is 0 Å². The first-order chi connectivity index (χ1) is 9.28. The molecule has 0 aliphatic heterocycles. The van der Waals surface area contributed by atoms with Crippen molar-refractivity contribution < 1.29 is 22.7 Å². The summed E-state index contributed by atoms with van der Waals surface area (Å²) in [5.41, 5.74) is 6.10. The fourth-order valence-electron chi connectivity index (χ4n) is 1.68. The van der Waals surface area contributed by atoms with Gasteiger partial charge in [-0.3, -0.25) is 4.79 Å². The molecule has 1 unspecified atom stereocenters. The standard InChI is InChI=1S/C13H19NO5S/c1-18-11-5-4-9(8-12(11)19-2)13(15)10(14)6-7-20(3,16)17/h4-5,8,10H,6-7,14H2,1-3H3. The van der Waals surface area contributed by atoms with E-state index in [4.69, 9.17) is 15.2 Å². The Balaban J connectivity index is 2.86. The highest BCUT2D eigenvalue weighted by Crippen LogP contribution is 2.28. The maximum absolute atomic E-state index is 12.1. The van der Waals surface area contributed by atoms with Crippen LogP contribution in [-0.2, 0) is 9.84 Å². The summed E-state index contributed by atoms with van der Waals surface area (Å²) in [5, 5.41) is 0. The summed E-state index contributed by atoms with van der Waals surface area (Å²) in [6, 6.07) is 3.85. The lowest BCUT2D eigenvalue weighted by atomic mass is 10.0. The van der Waals surface area contributed by atoms with Crippen LogP contribution in [0.15, 0.2) is 18.2 Å². The molecular formula is C13H19NO5S. The summed E-state index contributed by atoms with van der Waals surface area (Å²) in [4.78, 5) is 12.1. The molecule has 0 aliphatic rings.